The molecule has 1 amide bonds. The summed E-state index contributed by atoms with van der Waals surface area (Å²) < 4.78 is 5.29. The average molecular weight is 290 g/mol. The van der Waals surface area contributed by atoms with Crippen molar-refractivity contribution in [3.63, 3.8) is 0 Å². The summed E-state index contributed by atoms with van der Waals surface area (Å²) in [7, 11) is 1.65. The maximum Gasteiger partial charge on any atom is 0.234 e. The second kappa shape index (κ2) is 7.46. The van der Waals surface area contributed by atoms with Gasteiger partial charge in [0.05, 0.1) is 13.7 Å². The lowest BCUT2D eigenvalue weighted by Gasteiger charge is -2.34. The van der Waals surface area contributed by atoms with Crippen molar-refractivity contribution in [1.29, 1.82) is 0 Å². The van der Waals surface area contributed by atoms with Crippen LogP contribution in [0.1, 0.15) is 25.8 Å². The highest BCUT2D eigenvalue weighted by atomic mass is 16.5. The molecular formula is C17H26N2O2. The lowest BCUT2D eigenvalue weighted by atomic mass is 9.92. The third kappa shape index (κ3) is 4.74. The zero-order valence-corrected chi connectivity index (χ0v) is 13.3. The van der Waals surface area contributed by atoms with Crippen molar-refractivity contribution in [2.24, 2.45) is 11.8 Å². The van der Waals surface area contributed by atoms with Crippen LogP contribution < -0.4 is 10.1 Å². The Hall–Kier alpha value is -1.55. The Morgan fingerprint density at radius 2 is 1.95 bits per heavy atom. The summed E-state index contributed by atoms with van der Waals surface area (Å²) in [5, 5.41) is 2.99. The molecule has 1 saturated heterocycles. The van der Waals surface area contributed by atoms with E-state index in [0.717, 1.165) is 24.4 Å². The molecule has 1 N–H and O–H groups in total. The van der Waals surface area contributed by atoms with Crippen molar-refractivity contribution in [3.05, 3.63) is 29.8 Å². The third-order valence-electron chi connectivity index (χ3n) is 3.98. The molecule has 0 spiro atoms. The van der Waals surface area contributed by atoms with Gasteiger partial charge >= 0.3 is 0 Å². The van der Waals surface area contributed by atoms with E-state index >= 15 is 0 Å². The van der Waals surface area contributed by atoms with Gasteiger partial charge in [0.25, 0.3) is 0 Å². The van der Waals surface area contributed by atoms with Crippen LogP contribution in [-0.4, -0.2) is 37.6 Å². The Balaban J connectivity index is 1.82. The molecule has 21 heavy (non-hydrogen) atoms. The number of hydrogen-bond acceptors (Lipinski definition) is 3. The maximum atomic E-state index is 12.1. The Morgan fingerprint density at radius 3 is 2.62 bits per heavy atom. The lowest BCUT2D eigenvalue weighted by molar-refractivity contribution is -0.123. The van der Waals surface area contributed by atoms with Crippen LogP contribution in [0.4, 0.5) is 0 Å². The summed E-state index contributed by atoms with van der Waals surface area (Å²) in [6.45, 7) is 7.56. The SMILES string of the molecule is COc1ccccc1CNC(=O)CN1CC(C)CC(C)C1. The minimum atomic E-state index is 0.0854. The first-order chi connectivity index (χ1) is 10.1. The fourth-order valence-electron chi connectivity index (χ4n) is 3.22. The van der Waals surface area contributed by atoms with Crippen LogP contribution in [0.25, 0.3) is 0 Å². The Morgan fingerprint density at radius 1 is 1.29 bits per heavy atom. The summed E-state index contributed by atoms with van der Waals surface area (Å²) in [5.41, 5.74) is 1.01. The van der Waals surface area contributed by atoms with Crippen LogP contribution in [0.2, 0.25) is 0 Å². The molecule has 4 heteroatoms. The monoisotopic (exact) mass is 290 g/mol. The normalized spacial score (nSPS) is 22.8. The number of amides is 1. The van der Waals surface area contributed by atoms with Gasteiger partial charge in [0.2, 0.25) is 5.91 Å². The van der Waals surface area contributed by atoms with E-state index in [-0.39, 0.29) is 5.91 Å². The molecule has 1 fully saturated rings. The number of carbonyl (C=O) groups excluding carboxylic acids is 1. The summed E-state index contributed by atoms with van der Waals surface area (Å²) in [5.74, 6) is 2.26. The van der Waals surface area contributed by atoms with E-state index in [1.165, 1.54) is 6.42 Å². The number of likely N-dealkylation sites (tertiary alicyclic amines) is 1. The van der Waals surface area contributed by atoms with Gasteiger partial charge in [0.15, 0.2) is 0 Å². The van der Waals surface area contributed by atoms with Crippen LogP contribution in [0.5, 0.6) is 5.75 Å². The number of nitrogens with one attached hydrogen (secondary N) is 1. The average Bonchev–Trinajstić information content (AvgIpc) is 2.44. The first-order valence-corrected chi connectivity index (χ1v) is 7.69. The van der Waals surface area contributed by atoms with Crippen molar-refractivity contribution < 1.29 is 9.53 Å². The summed E-state index contributed by atoms with van der Waals surface area (Å²) >= 11 is 0. The van der Waals surface area contributed by atoms with E-state index in [4.69, 9.17) is 4.74 Å². The molecule has 2 rings (SSSR count). The zero-order chi connectivity index (χ0) is 15.2. The number of carbonyl (C=O) groups is 1. The predicted octanol–water partition coefficient (Wildman–Crippen LogP) is 2.29. The minimum absolute atomic E-state index is 0.0854. The Bertz CT molecular complexity index is 466. The molecule has 4 nitrogen and oxygen atoms in total. The molecule has 1 aromatic rings. The fraction of sp³-hybridized carbons (Fsp3) is 0.588. The van der Waals surface area contributed by atoms with E-state index in [2.05, 4.69) is 24.1 Å². The number of piperidine rings is 1. The molecule has 1 aliphatic heterocycles. The van der Waals surface area contributed by atoms with Crippen molar-refractivity contribution >= 4 is 5.91 Å². The van der Waals surface area contributed by atoms with Gasteiger partial charge < -0.3 is 10.1 Å². The second-order valence-corrected chi connectivity index (χ2v) is 6.23. The van der Waals surface area contributed by atoms with Gasteiger partial charge in [0, 0.05) is 25.2 Å². The number of para-hydroxylation sites is 1. The molecular weight excluding hydrogens is 264 g/mol. The Kier molecular flexibility index (Phi) is 5.62. The van der Waals surface area contributed by atoms with Crippen molar-refractivity contribution in [2.45, 2.75) is 26.8 Å². The smallest absolute Gasteiger partial charge is 0.234 e. The van der Waals surface area contributed by atoms with Gasteiger partial charge in [-0.3, -0.25) is 9.69 Å². The van der Waals surface area contributed by atoms with E-state index in [1.54, 1.807) is 7.11 Å². The highest BCUT2D eigenvalue weighted by molar-refractivity contribution is 5.78. The molecule has 0 saturated carbocycles. The van der Waals surface area contributed by atoms with Crippen LogP contribution in [0.3, 0.4) is 0 Å². The molecule has 0 aromatic heterocycles. The van der Waals surface area contributed by atoms with Crippen molar-refractivity contribution in [1.82, 2.24) is 10.2 Å². The van der Waals surface area contributed by atoms with E-state index < -0.39 is 0 Å². The number of hydrogen-bond donors (Lipinski definition) is 1. The lowest BCUT2D eigenvalue weighted by Crippen LogP contribution is -2.44. The molecule has 1 heterocycles. The summed E-state index contributed by atoms with van der Waals surface area (Å²) in [6.07, 6.45) is 1.26. The van der Waals surface area contributed by atoms with Gasteiger partial charge in [-0.2, -0.15) is 0 Å². The quantitative estimate of drug-likeness (QED) is 0.904. The highest BCUT2D eigenvalue weighted by Crippen LogP contribution is 2.20. The standard InChI is InChI=1S/C17H26N2O2/c1-13-8-14(2)11-19(10-13)12-17(20)18-9-15-6-4-5-7-16(15)21-3/h4-7,13-14H,8-12H2,1-3H3,(H,18,20). The predicted molar refractivity (Wildman–Crippen MR) is 84.2 cm³/mol. The van der Waals surface area contributed by atoms with Gasteiger partial charge in [-0.05, 0) is 24.3 Å². The van der Waals surface area contributed by atoms with E-state index in [1.807, 2.05) is 24.3 Å². The molecule has 1 aliphatic rings. The van der Waals surface area contributed by atoms with Crippen LogP contribution in [0, 0.1) is 11.8 Å². The van der Waals surface area contributed by atoms with Crippen LogP contribution in [-0.2, 0) is 11.3 Å². The first kappa shape index (κ1) is 15.8. The maximum absolute atomic E-state index is 12.1. The largest absolute Gasteiger partial charge is 0.496 e. The second-order valence-electron chi connectivity index (χ2n) is 6.23. The molecule has 1 aromatic carbocycles. The third-order valence-corrected chi connectivity index (χ3v) is 3.98. The number of methoxy groups -OCH3 is 1. The number of benzene rings is 1. The molecule has 2 atom stereocenters. The van der Waals surface area contributed by atoms with E-state index in [0.29, 0.717) is 24.9 Å². The minimum Gasteiger partial charge on any atom is -0.496 e. The molecule has 116 valence electrons. The van der Waals surface area contributed by atoms with Gasteiger partial charge in [-0.25, -0.2) is 0 Å². The first-order valence-electron chi connectivity index (χ1n) is 7.69. The number of ether oxygens (including phenoxy) is 1. The number of nitrogens with zero attached hydrogens (tertiary/aromatic N) is 1. The topological polar surface area (TPSA) is 41.6 Å². The van der Waals surface area contributed by atoms with Gasteiger partial charge in [0.1, 0.15) is 5.75 Å². The fourth-order valence-corrected chi connectivity index (χ4v) is 3.22. The Labute approximate surface area is 127 Å². The molecule has 0 bridgehead atoms. The summed E-state index contributed by atoms with van der Waals surface area (Å²) in [4.78, 5) is 14.4. The van der Waals surface area contributed by atoms with Gasteiger partial charge in [-0.1, -0.05) is 32.0 Å². The van der Waals surface area contributed by atoms with Crippen LogP contribution >= 0.6 is 0 Å². The van der Waals surface area contributed by atoms with Crippen molar-refractivity contribution in [3.8, 4) is 5.75 Å². The van der Waals surface area contributed by atoms with Gasteiger partial charge in [-0.15, -0.1) is 0 Å². The summed E-state index contributed by atoms with van der Waals surface area (Å²) in [6, 6.07) is 7.78. The molecule has 2 unspecified atom stereocenters. The number of rotatable bonds is 5. The highest BCUT2D eigenvalue weighted by Gasteiger charge is 2.23. The molecule has 0 aliphatic carbocycles. The van der Waals surface area contributed by atoms with E-state index in [9.17, 15) is 4.79 Å². The zero-order valence-electron chi connectivity index (χ0n) is 13.3. The van der Waals surface area contributed by atoms with Crippen LogP contribution in [0.15, 0.2) is 24.3 Å². The van der Waals surface area contributed by atoms with Crippen molar-refractivity contribution in [2.75, 3.05) is 26.7 Å². The molecule has 0 radical (unpaired) electrons.